The predicted molar refractivity (Wildman–Crippen MR) is 362 cm³/mol. The smallest absolute Gasteiger partial charge is 0.306 e. The average molecular weight is 1160 g/mol. The molecule has 0 spiro atoms. The van der Waals surface area contributed by atoms with E-state index >= 15 is 0 Å². The highest BCUT2D eigenvalue weighted by molar-refractivity contribution is 5.70. The number of hydrogen-bond donors (Lipinski definition) is 1. The van der Waals surface area contributed by atoms with Crippen LogP contribution in [0.3, 0.4) is 0 Å². The molecule has 5 heteroatoms. The van der Waals surface area contributed by atoms with Gasteiger partial charge in [0.2, 0.25) is 0 Å². The molecule has 1 atom stereocenters. The number of esters is 2. The highest BCUT2D eigenvalue weighted by Gasteiger charge is 2.16. The van der Waals surface area contributed by atoms with Crippen LogP contribution < -0.4 is 0 Å². The minimum atomic E-state index is -0.766. The number of ether oxygens (including phenoxy) is 2. The van der Waals surface area contributed by atoms with Gasteiger partial charge in [0.05, 0.1) is 6.61 Å². The van der Waals surface area contributed by atoms with Crippen LogP contribution in [0.5, 0.6) is 0 Å². The fourth-order valence-electron chi connectivity index (χ4n) is 12.6. The zero-order valence-corrected chi connectivity index (χ0v) is 56.6. The standard InChI is InChI=1S/C77H152O5/c1-3-5-7-9-11-13-15-17-19-21-23-25-27-29-31-32-33-34-35-36-37-38-39-40-41-42-43-44-46-48-50-52-54-56-58-60-62-64-66-68-70-72-77(80)82-75(73-78)74-81-76(79)71-69-67-65-63-61-59-57-55-53-51-49-47-45-30-28-26-24-22-20-18-16-14-12-10-8-6-4-2/h75,78H,3-74H2,1-2H3. The van der Waals surface area contributed by atoms with E-state index in [1.165, 1.54) is 405 Å². The summed E-state index contributed by atoms with van der Waals surface area (Å²) in [6.45, 7) is 4.23. The largest absolute Gasteiger partial charge is 0.462 e. The normalized spacial score (nSPS) is 12.0. The number of rotatable bonds is 74. The monoisotopic (exact) mass is 1160 g/mol. The zero-order chi connectivity index (χ0) is 59.1. The van der Waals surface area contributed by atoms with Crippen molar-refractivity contribution in [2.24, 2.45) is 0 Å². The van der Waals surface area contributed by atoms with Crippen molar-refractivity contribution in [3.8, 4) is 0 Å². The van der Waals surface area contributed by atoms with Gasteiger partial charge in [0, 0.05) is 12.8 Å². The quantitative estimate of drug-likeness (QED) is 0.0485. The van der Waals surface area contributed by atoms with Crippen molar-refractivity contribution in [2.75, 3.05) is 13.2 Å². The maximum absolute atomic E-state index is 12.4. The Hall–Kier alpha value is -1.10. The summed E-state index contributed by atoms with van der Waals surface area (Å²) >= 11 is 0. The van der Waals surface area contributed by atoms with Crippen molar-refractivity contribution in [2.45, 2.75) is 469 Å². The molecule has 5 nitrogen and oxygen atoms in total. The van der Waals surface area contributed by atoms with Crippen molar-refractivity contribution in [1.29, 1.82) is 0 Å². The van der Waals surface area contributed by atoms with E-state index < -0.39 is 6.10 Å². The molecule has 1 N–H and O–H groups in total. The summed E-state index contributed by atoms with van der Waals surface area (Å²) in [5.41, 5.74) is 0. The van der Waals surface area contributed by atoms with E-state index in [0.29, 0.717) is 12.8 Å². The van der Waals surface area contributed by atoms with Crippen LogP contribution in [0.2, 0.25) is 0 Å². The van der Waals surface area contributed by atoms with Gasteiger partial charge in [-0.05, 0) is 12.8 Å². The number of hydrogen-bond acceptors (Lipinski definition) is 5. The maximum Gasteiger partial charge on any atom is 0.306 e. The first-order valence-electron chi connectivity index (χ1n) is 38.6. The van der Waals surface area contributed by atoms with E-state index in [2.05, 4.69) is 13.8 Å². The van der Waals surface area contributed by atoms with Gasteiger partial charge in [-0.1, -0.05) is 438 Å². The molecule has 0 fully saturated rings. The van der Waals surface area contributed by atoms with Crippen LogP contribution in [0, 0.1) is 0 Å². The first kappa shape index (κ1) is 80.9. The van der Waals surface area contributed by atoms with E-state index in [9.17, 15) is 14.7 Å². The van der Waals surface area contributed by atoms with E-state index in [4.69, 9.17) is 9.47 Å². The van der Waals surface area contributed by atoms with Crippen molar-refractivity contribution in [1.82, 2.24) is 0 Å². The Morgan fingerprint density at radius 3 is 0.537 bits per heavy atom. The molecule has 1 unspecified atom stereocenters. The van der Waals surface area contributed by atoms with Crippen molar-refractivity contribution in [3.63, 3.8) is 0 Å². The zero-order valence-electron chi connectivity index (χ0n) is 56.6. The summed E-state index contributed by atoms with van der Waals surface area (Å²) in [6.07, 6.45) is 94.8. The molecular formula is C77H152O5. The van der Waals surface area contributed by atoms with Crippen molar-refractivity contribution in [3.05, 3.63) is 0 Å². The van der Waals surface area contributed by atoms with Crippen LogP contribution >= 0.6 is 0 Å². The third-order valence-electron chi connectivity index (χ3n) is 18.4. The van der Waals surface area contributed by atoms with Crippen LogP contribution in [-0.2, 0) is 19.1 Å². The molecule has 0 rings (SSSR count). The van der Waals surface area contributed by atoms with E-state index in [1.54, 1.807) is 0 Å². The summed E-state index contributed by atoms with van der Waals surface area (Å²) in [7, 11) is 0. The van der Waals surface area contributed by atoms with Crippen LogP contribution in [0.1, 0.15) is 463 Å². The van der Waals surface area contributed by atoms with Gasteiger partial charge in [0.1, 0.15) is 6.61 Å². The Morgan fingerprint density at radius 2 is 0.378 bits per heavy atom. The lowest BCUT2D eigenvalue weighted by Gasteiger charge is -2.15. The van der Waals surface area contributed by atoms with Crippen molar-refractivity contribution < 1.29 is 24.2 Å². The summed E-state index contributed by atoms with van der Waals surface area (Å²) in [4.78, 5) is 24.7. The maximum atomic E-state index is 12.4. The van der Waals surface area contributed by atoms with Crippen LogP contribution in [0.25, 0.3) is 0 Å². The molecule has 490 valence electrons. The summed E-state index contributed by atoms with van der Waals surface area (Å²) < 4.78 is 10.8. The SMILES string of the molecule is CCCCCCCCCCCCCCCCCCCCCCCCCCCCCCCCCCCCCCCCCCCC(=O)OC(CO)COC(=O)CCCCCCCCCCCCCCCCCCCCCCCCCCCCC. The molecule has 0 aromatic heterocycles. The number of carbonyl (C=O) groups excluding carboxylic acids is 2. The molecule has 0 aliphatic rings. The third kappa shape index (κ3) is 71.4. The molecule has 0 aliphatic heterocycles. The molecular weight excluding hydrogens is 1000 g/mol. The van der Waals surface area contributed by atoms with Gasteiger partial charge in [0.15, 0.2) is 6.10 Å². The molecule has 0 bridgehead atoms. The lowest BCUT2D eigenvalue weighted by atomic mass is 10.0. The Kier molecular flexibility index (Phi) is 73.2. The van der Waals surface area contributed by atoms with Gasteiger partial charge >= 0.3 is 11.9 Å². The molecule has 0 saturated heterocycles. The summed E-state index contributed by atoms with van der Waals surface area (Å²) in [6, 6.07) is 0. The van der Waals surface area contributed by atoms with Crippen LogP contribution in [0.15, 0.2) is 0 Å². The molecule has 0 radical (unpaired) electrons. The topological polar surface area (TPSA) is 72.8 Å². The summed E-state index contributed by atoms with van der Waals surface area (Å²) in [5.74, 6) is -0.557. The molecule has 0 aromatic rings. The molecule has 0 heterocycles. The summed E-state index contributed by atoms with van der Waals surface area (Å²) in [5, 5.41) is 9.71. The number of aliphatic hydroxyl groups is 1. The fraction of sp³-hybridized carbons (Fsp3) is 0.974. The second-order valence-corrected chi connectivity index (χ2v) is 26.8. The highest BCUT2D eigenvalue weighted by atomic mass is 16.6. The first-order valence-corrected chi connectivity index (χ1v) is 38.6. The molecule has 0 aliphatic carbocycles. The van der Waals surface area contributed by atoms with Gasteiger partial charge in [-0.3, -0.25) is 9.59 Å². The van der Waals surface area contributed by atoms with Gasteiger partial charge < -0.3 is 14.6 Å². The lowest BCUT2D eigenvalue weighted by molar-refractivity contribution is -0.161. The van der Waals surface area contributed by atoms with E-state index in [0.717, 1.165) is 32.1 Å². The second kappa shape index (κ2) is 74.2. The van der Waals surface area contributed by atoms with Gasteiger partial charge in [-0.15, -0.1) is 0 Å². The Morgan fingerprint density at radius 1 is 0.232 bits per heavy atom. The molecule has 0 saturated carbocycles. The second-order valence-electron chi connectivity index (χ2n) is 26.8. The third-order valence-corrected chi connectivity index (χ3v) is 18.4. The first-order chi connectivity index (χ1) is 40.6. The predicted octanol–water partition coefficient (Wildman–Crippen LogP) is 26.8. The Labute approximate surface area is 516 Å². The number of carbonyl (C=O) groups is 2. The minimum Gasteiger partial charge on any atom is -0.462 e. The van der Waals surface area contributed by atoms with Crippen LogP contribution in [-0.4, -0.2) is 36.4 Å². The Bertz CT molecular complexity index is 1170. The van der Waals surface area contributed by atoms with Gasteiger partial charge in [-0.25, -0.2) is 0 Å². The van der Waals surface area contributed by atoms with Gasteiger partial charge in [0.25, 0.3) is 0 Å². The average Bonchev–Trinajstić information content (AvgIpc) is 3.49. The minimum absolute atomic E-state index is 0.0552. The van der Waals surface area contributed by atoms with Crippen LogP contribution in [0.4, 0.5) is 0 Å². The molecule has 0 amide bonds. The Balaban J connectivity index is 3.32. The highest BCUT2D eigenvalue weighted by Crippen LogP contribution is 2.21. The molecule has 82 heavy (non-hydrogen) atoms. The van der Waals surface area contributed by atoms with E-state index in [1.807, 2.05) is 0 Å². The van der Waals surface area contributed by atoms with Crippen molar-refractivity contribution >= 4 is 11.9 Å². The number of aliphatic hydroxyl groups excluding tert-OH is 1. The molecule has 0 aromatic carbocycles. The lowest BCUT2D eigenvalue weighted by Crippen LogP contribution is -2.28. The van der Waals surface area contributed by atoms with E-state index in [-0.39, 0.29) is 25.2 Å². The van der Waals surface area contributed by atoms with Gasteiger partial charge in [-0.2, -0.15) is 0 Å². The number of unbranched alkanes of at least 4 members (excludes halogenated alkanes) is 66. The fourth-order valence-corrected chi connectivity index (χ4v) is 12.6.